The molecule has 18 heavy (non-hydrogen) atoms. The lowest BCUT2D eigenvalue weighted by atomic mass is 10.1. The van der Waals surface area contributed by atoms with E-state index in [9.17, 15) is 4.79 Å². The van der Waals surface area contributed by atoms with Gasteiger partial charge >= 0.3 is 0 Å². The van der Waals surface area contributed by atoms with Gasteiger partial charge in [-0.1, -0.05) is 5.16 Å². The Hall–Kier alpha value is -1.89. The van der Waals surface area contributed by atoms with E-state index in [4.69, 9.17) is 10.6 Å². The minimum atomic E-state index is -0.564. The first-order valence-electron chi connectivity index (χ1n) is 5.83. The van der Waals surface area contributed by atoms with Crippen LogP contribution in [0.15, 0.2) is 11.4 Å². The minimum absolute atomic E-state index is 0.180. The van der Waals surface area contributed by atoms with Crippen molar-refractivity contribution in [3.05, 3.63) is 17.5 Å². The van der Waals surface area contributed by atoms with Gasteiger partial charge < -0.3 is 15.9 Å². The third kappa shape index (κ3) is 2.35. The molecule has 98 valence electrons. The number of aryl methyl sites for hydroxylation is 1. The van der Waals surface area contributed by atoms with Crippen molar-refractivity contribution in [2.75, 3.05) is 13.1 Å². The topological polar surface area (TPSA) is 94.5 Å². The van der Waals surface area contributed by atoms with Crippen LogP contribution in [0.2, 0.25) is 0 Å². The molecule has 0 saturated heterocycles. The Labute approximate surface area is 105 Å². The largest absolute Gasteiger partial charge is 0.382 e. The summed E-state index contributed by atoms with van der Waals surface area (Å²) in [5.41, 5.74) is 8.00. The molecule has 2 rings (SSSR count). The number of carbonyl (C=O) groups is 1. The van der Waals surface area contributed by atoms with E-state index in [2.05, 4.69) is 15.6 Å². The van der Waals surface area contributed by atoms with Crippen LogP contribution in [-0.4, -0.2) is 40.6 Å². The lowest BCUT2D eigenvalue weighted by Gasteiger charge is -2.07. The standard InChI is InChI=1S/C11H17N5O2/c1-7-8(6-14-16(7)2)9-5-10(18-15-9)11(17)13-4-3-12/h6,10H,3-5,12H2,1-2H3,(H,13,17). The molecule has 2 heterocycles. The summed E-state index contributed by atoms with van der Waals surface area (Å²) < 4.78 is 1.76. The summed E-state index contributed by atoms with van der Waals surface area (Å²) in [7, 11) is 1.86. The zero-order valence-electron chi connectivity index (χ0n) is 10.5. The Balaban J connectivity index is 2.00. The molecule has 7 heteroatoms. The summed E-state index contributed by atoms with van der Waals surface area (Å²) in [6, 6.07) is 0. The molecule has 1 unspecified atom stereocenters. The Morgan fingerprint density at radius 3 is 3.11 bits per heavy atom. The van der Waals surface area contributed by atoms with Crippen LogP contribution < -0.4 is 11.1 Å². The van der Waals surface area contributed by atoms with Crippen LogP contribution in [0.3, 0.4) is 0 Å². The second-order valence-electron chi connectivity index (χ2n) is 4.18. The van der Waals surface area contributed by atoms with Gasteiger partial charge in [0.15, 0.2) is 0 Å². The molecule has 0 bridgehead atoms. The maximum absolute atomic E-state index is 11.7. The van der Waals surface area contributed by atoms with Gasteiger partial charge in [0, 0.05) is 37.8 Å². The highest BCUT2D eigenvalue weighted by Gasteiger charge is 2.29. The van der Waals surface area contributed by atoms with E-state index in [1.807, 2.05) is 14.0 Å². The molecule has 1 atom stereocenters. The third-order valence-corrected chi connectivity index (χ3v) is 2.95. The second-order valence-corrected chi connectivity index (χ2v) is 4.18. The molecule has 1 amide bonds. The predicted molar refractivity (Wildman–Crippen MR) is 66.0 cm³/mol. The summed E-state index contributed by atoms with van der Waals surface area (Å²) in [4.78, 5) is 16.8. The van der Waals surface area contributed by atoms with Crippen LogP contribution in [-0.2, 0) is 16.7 Å². The number of hydrogen-bond donors (Lipinski definition) is 2. The van der Waals surface area contributed by atoms with Gasteiger partial charge in [-0.3, -0.25) is 9.48 Å². The molecule has 0 radical (unpaired) electrons. The maximum Gasteiger partial charge on any atom is 0.264 e. The van der Waals surface area contributed by atoms with Gasteiger partial charge in [-0.2, -0.15) is 5.10 Å². The van der Waals surface area contributed by atoms with Crippen LogP contribution in [0.1, 0.15) is 17.7 Å². The van der Waals surface area contributed by atoms with Gasteiger partial charge in [-0.15, -0.1) is 0 Å². The minimum Gasteiger partial charge on any atom is -0.382 e. The smallest absolute Gasteiger partial charge is 0.264 e. The van der Waals surface area contributed by atoms with Crippen molar-refractivity contribution >= 4 is 11.6 Å². The van der Waals surface area contributed by atoms with Gasteiger partial charge in [-0.25, -0.2) is 0 Å². The van der Waals surface area contributed by atoms with Gasteiger partial charge in [0.05, 0.1) is 11.9 Å². The van der Waals surface area contributed by atoms with Crippen molar-refractivity contribution in [3.8, 4) is 0 Å². The van der Waals surface area contributed by atoms with E-state index in [-0.39, 0.29) is 5.91 Å². The number of nitrogens with one attached hydrogen (secondary N) is 1. The van der Waals surface area contributed by atoms with Crippen LogP contribution in [0, 0.1) is 6.92 Å². The molecule has 0 aromatic carbocycles. The molecule has 1 aromatic rings. The van der Waals surface area contributed by atoms with Crippen LogP contribution in [0.5, 0.6) is 0 Å². The Morgan fingerprint density at radius 2 is 2.50 bits per heavy atom. The van der Waals surface area contributed by atoms with E-state index in [0.717, 1.165) is 17.0 Å². The first-order chi connectivity index (χ1) is 8.63. The maximum atomic E-state index is 11.7. The number of amides is 1. The molecule has 7 nitrogen and oxygen atoms in total. The predicted octanol–water partition coefficient (Wildman–Crippen LogP) is -0.704. The number of oxime groups is 1. The van der Waals surface area contributed by atoms with Crippen molar-refractivity contribution in [2.45, 2.75) is 19.4 Å². The van der Waals surface area contributed by atoms with E-state index in [1.54, 1.807) is 10.9 Å². The lowest BCUT2D eigenvalue weighted by Crippen LogP contribution is -2.37. The molecular formula is C11H17N5O2. The second kappa shape index (κ2) is 5.18. The highest BCUT2D eigenvalue weighted by molar-refractivity contribution is 6.04. The van der Waals surface area contributed by atoms with Gasteiger partial charge in [0.2, 0.25) is 6.10 Å². The summed E-state index contributed by atoms with van der Waals surface area (Å²) in [6.45, 7) is 2.81. The van der Waals surface area contributed by atoms with E-state index in [0.29, 0.717) is 19.5 Å². The fourth-order valence-electron chi connectivity index (χ4n) is 1.77. The molecule has 1 aromatic heterocycles. The molecule has 0 aliphatic carbocycles. The van der Waals surface area contributed by atoms with E-state index < -0.39 is 6.10 Å². The molecule has 0 fully saturated rings. The highest BCUT2D eigenvalue weighted by atomic mass is 16.6. The molecule has 1 aliphatic heterocycles. The van der Waals surface area contributed by atoms with Crippen molar-refractivity contribution in [2.24, 2.45) is 17.9 Å². The lowest BCUT2D eigenvalue weighted by molar-refractivity contribution is -0.131. The van der Waals surface area contributed by atoms with Crippen molar-refractivity contribution in [3.63, 3.8) is 0 Å². The normalized spacial score (nSPS) is 18.4. The van der Waals surface area contributed by atoms with Gasteiger partial charge in [0.25, 0.3) is 5.91 Å². The summed E-state index contributed by atoms with van der Waals surface area (Å²) in [6.07, 6.45) is 1.63. The first kappa shape index (κ1) is 12.6. The Kier molecular flexibility index (Phi) is 3.61. The molecule has 3 N–H and O–H groups in total. The molecular weight excluding hydrogens is 234 g/mol. The van der Waals surface area contributed by atoms with Crippen LogP contribution in [0.25, 0.3) is 0 Å². The monoisotopic (exact) mass is 251 g/mol. The average molecular weight is 251 g/mol. The fourth-order valence-corrected chi connectivity index (χ4v) is 1.77. The number of nitrogens with two attached hydrogens (primary N) is 1. The van der Waals surface area contributed by atoms with E-state index >= 15 is 0 Å². The first-order valence-corrected chi connectivity index (χ1v) is 5.83. The summed E-state index contributed by atoms with van der Waals surface area (Å²) in [5, 5.41) is 10.8. The summed E-state index contributed by atoms with van der Waals surface area (Å²) >= 11 is 0. The number of rotatable bonds is 4. The molecule has 1 aliphatic rings. The van der Waals surface area contributed by atoms with Gasteiger partial charge in [0.1, 0.15) is 0 Å². The van der Waals surface area contributed by atoms with Crippen molar-refractivity contribution < 1.29 is 9.63 Å². The quantitative estimate of drug-likeness (QED) is 0.739. The SMILES string of the molecule is Cc1c(C2=NOC(C(=O)NCCN)C2)cnn1C. The van der Waals surface area contributed by atoms with Crippen LogP contribution in [0.4, 0.5) is 0 Å². The molecule has 0 saturated carbocycles. The number of carbonyl (C=O) groups excluding carboxylic acids is 1. The zero-order valence-corrected chi connectivity index (χ0v) is 10.5. The number of hydrogen-bond acceptors (Lipinski definition) is 5. The van der Waals surface area contributed by atoms with E-state index in [1.165, 1.54) is 0 Å². The Morgan fingerprint density at radius 1 is 1.72 bits per heavy atom. The highest BCUT2D eigenvalue weighted by Crippen LogP contribution is 2.18. The average Bonchev–Trinajstić information content (AvgIpc) is 2.95. The third-order valence-electron chi connectivity index (χ3n) is 2.95. The van der Waals surface area contributed by atoms with Crippen molar-refractivity contribution in [1.29, 1.82) is 0 Å². The fraction of sp³-hybridized carbons (Fsp3) is 0.545. The zero-order chi connectivity index (χ0) is 13.1. The van der Waals surface area contributed by atoms with Crippen molar-refractivity contribution in [1.82, 2.24) is 15.1 Å². The number of nitrogens with zero attached hydrogens (tertiary/aromatic N) is 3. The van der Waals surface area contributed by atoms with Crippen LogP contribution >= 0.6 is 0 Å². The van der Waals surface area contributed by atoms with Gasteiger partial charge in [-0.05, 0) is 6.92 Å². The number of aromatic nitrogens is 2. The summed E-state index contributed by atoms with van der Waals surface area (Å²) in [5.74, 6) is -0.180. The molecule has 0 spiro atoms. The Bertz CT molecular complexity index is 480.